The number of aliphatic imine (C=N–C) groups is 1. The van der Waals surface area contributed by atoms with E-state index in [0.29, 0.717) is 32.2 Å². The number of benzene rings is 1. The molecule has 0 aliphatic heterocycles. The topological polar surface area (TPSA) is 78.9 Å². The van der Waals surface area contributed by atoms with Gasteiger partial charge in [-0.05, 0) is 32.0 Å². The number of rotatable bonds is 10. The van der Waals surface area contributed by atoms with Gasteiger partial charge in [-0.1, -0.05) is 24.3 Å². The summed E-state index contributed by atoms with van der Waals surface area (Å²) in [7, 11) is 1.80. The molecule has 7 nitrogen and oxygen atoms in total. The Morgan fingerprint density at radius 3 is 2.60 bits per heavy atom. The van der Waals surface area contributed by atoms with Crippen LogP contribution in [0.2, 0.25) is 0 Å². The number of carbonyl (C=O) groups excluding carboxylic acids is 1. The second kappa shape index (κ2) is 14.6. The first kappa shape index (κ1) is 25.7. The van der Waals surface area contributed by atoms with Crippen LogP contribution in [0.5, 0.6) is 5.75 Å². The summed E-state index contributed by atoms with van der Waals surface area (Å²) >= 11 is 0. The highest BCUT2D eigenvalue weighted by Gasteiger charge is 2.10. The van der Waals surface area contributed by atoms with Crippen molar-refractivity contribution in [2.24, 2.45) is 4.99 Å². The maximum absolute atomic E-state index is 12.4. The number of carbonyl (C=O) groups is 1. The average Bonchev–Trinajstić information content (AvgIpc) is 2.75. The smallest absolute Gasteiger partial charge is 0.241 e. The molecule has 2 rings (SSSR count). The molecule has 0 spiro atoms. The summed E-state index contributed by atoms with van der Waals surface area (Å²) in [6.07, 6.45) is 2.49. The normalized spacial score (nSPS) is 10.7. The molecule has 0 aliphatic carbocycles. The zero-order valence-corrected chi connectivity index (χ0v) is 20.3. The summed E-state index contributed by atoms with van der Waals surface area (Å²) in [5.74, 6) is 1.44. The maximum Gasteiger partial charge on any atom is 0.241 e. The third-order valence-corrected chi connectivity index (χ3v) is 4.29. The molecule has 1 heterocycles. The van der Waals surface area contributed by atoms with Gasteiger partial charge in [-0.2, -0.15) is 0 Å². The number of ether oxygens (including phenoxy) is 1. The van der Waals surface area contributed by atoms with E-state index < -0.39 is 0 Å². The summed E-state index contributed by atoms with van der Waals surface area (Å²) in [4.78, 5) is 23.0. The number of amides is 1. The quantitative estimate of drug-likeness (QED) is 0.284. The molecule has 0 aliphatic rings. The molecular weight excluding hydrogens is 493 g/mol. The molecule has 0 fully saturated rings. The van der Waals surface area contributed by atoms with Crippen LogP contribution < -0.4 is 15.4 Å². The van der Waals surface area contributed by atoms with Gasteiger partial charge in [-0.15, -0.1) is 24.0 Å². The maximum atomic E-state index is 12.4. The molecule has 2 N–H and O–H groups in total. The molecule has 0 unspecified atom stereocenters. The lowest BCUT2D eigenvalue weighted by Gasteiger charge is -2.18. The van der Waals surface area contributed by atoms with Gasteiger partial charge < -0.3 is 20.3 Å². The lowest BCUT2D eigenvalue weighted by Crippen LogP contribution is -2.44. The molecule has 8 heteroatoms. The van der Waals surface area contributed by atoms with E-state index in [9.17, 15) is 4.79 Å². The van der Waals surface area contributed by atoms with E-state index in [1.165, 1.54) is 0 Å². The Hall–Kier alpha value is -2.36. The van der Waals surface area contributed by atoms with E-state index in [1.807, 2.05) is 56.3 Å². The Balaban J connectivity index is 0.00000450. The number of hydrogen-bond acceptors (Lipinski definition) is 4. The van der Waals surface area contributed by atoms with E-state index in [-0.39, 0.29) is 36.4 Å². The van der Waals surface area contributed by atoms with Gasteiger partial charge in [0.05, 0.1) is 19.7 Å². The van der Waals surface area contributed by atoms with Crippen molar-refractivity contribution in [2.45, 2.75) is 26.8 Å². The number of aromatic nitrogens is 1. The number of pyridine rings is 1. The fourth-order valence-corrected chi connectivity index (χ4v) is 2.68. The Labute approximate surface area is 196 Å². The lowest BCUT2D eigenvalue weighted by atomic mass is 10.2. The summed E-state index contributed by atoms with van der Waals surface area (Å²) in [6, 6.07) is 13.6. The molecule has 2 aromatic rings. The zero-order valence-electron chi connectivity index (χ0n) is 17.9. The highest BCUT2D eigenvalue weighted by Crippen LogP contribution is 2.18. The highest BCUT2D eigenvalue weighted by molar-refractivity contribution is 14.0. The van der Waals surface area contributed by atoms with Gasteiger partial charge in [0.15, 0.2) is 5.96 Å². The van der Waals surface area contributed by atoms with E-state index in [2.05, 4.69) is 20.6 Å². The van der Waals surface area contributed by atoms with Crippen molar-refractivity contribution < 1.29 is 9.53 Å². The third kappa shape index (κ3) is 8.98. The molecule has 164 valence electrons. The molecule has 0 bridgehead atoms. The Bertz CT molecular complexity index is 786. The average molecular weight is 525 g/mol. The van der Waals surface area contributed by atoms with Crippen LogP contribution in [0.1, 0.15) is 25.1 Å². The first-order valence-electron chi connectivity index (χ1n) is 10.0. The SMILES string of the molecule is CCNC(=NCc1ccccc1OCC)NCC(=O)N(C)CCc1ccccn1.I. The van der Waals surface area contributed by atoms with E-state index in [4.69, 9.17) is 4.74 Å². The Morgan fingerprint density at radius 2 is 1.90 bits per heavy atom. The molecule has 0 saturated carbocycles. The van der Waals surface area contributed by atoms with Crippen molar-refractivity contribution in [3.05, 3.63) is 59.9 Å². The molecule has 1 amide bonds. The first-order valence-corrected chi connectivity index (χ1v) is 10.0. The van der Waals surface area contributed by atoms with Crippen molar-refractivity contribution in [1.29, 1.82) is 0 Å². The van der Waals surface area contributed by atoms with E-state index in [0.717, 1.165) is 23.4 Å². The Morgan fingerprint density at radius 1 is 1.13 bits per heavy atom. The van der Waals surface area contributed by atoms with Crippen molar-refractivity contribution in [2.75, 3.05) is 33.3 Å². The van der Waals surface area contributed by atoms with Crippen molar-refractivity contribution in [3.63, 3.8) is 0 Å². The molecule has 0 saturated heterocycles. The minimum Gasteiger partial charge on any atom is -0.494 e. The van der Waals surface area contributed by atoms with Gasteiger partial charge in [-0.3, -0.25) is 9.78 Å². The number of nitrogens with zero attached hydrogens (tertiary/aromatic N) is 3. The van der Waals surface area contributed by atoms with Gasteiger partial charge in [0.25, 0.3) is 0 Å². The first-order chi connectivity index (χ1) is 14.1. The molecule has 0 radical (unpaired) electrons. The minimum absolute atomic E-state index is 0. The van der Waals surface area contributed by atoms with Gasteiger partial charge in [0.1, 0.15) is 5.75 Å². The predicted octanol–water partition coefficient (Wildman–Crippen LogP) is 2.85. The summed E-state index contributed by atoms with van der Waals surface area (Å²) in [6.45, 7) is 6.54. The van der Waals surface area contributed by atoms with Crippen LogP contribution in [0.25, 0.3) is 0 Å². The van der Waals surface area contributed by atoms with Gasteiger partial charge in [-0.25, -0.2) is 4.99 Å². The van der Waals surface area contributed by atoms with Crippen LogP contribution in [0, 0.1) is 0 Å². The van der Waals surface area contributed by atoms with Gasteiger partial charge in [0, 0.05) is 44.0 Å². The summed E-state index contributed by atoms with van der Waals surface area (Å²) in [5.41, 5.74) is 1.98. The third-order valence-electron chi connectivity index (χ3n) is 4.29. The number of halogens is 1. The summed E-state index contributed by atoms with van der Waals surface area (Å²) < 4.78 is 5.65. The second-order valence-corrected chi connectivity index (χ2v) is 6.48. The molecular formula is C22H32IN5O2. The number of hydrogen-bond donors (Lipinski definition) is 2. The van der Waals surface area contributed by atoms with Gasteiger partial charge in [0.2, 0.25) is 5.91 Å². The fraction of sp³-hybridized carbons (Fsp3) is 0.409. The van der Waals surface area contributed by atoms with E-state index >= 15 is 0 Å². The predicted molar refractivity (Wildman–Crippen MR) is 131 cm³/mol. The largest absolute Gasteiger partial charge is 0.494 e. The number of likely N-dealkylation sites (N-methyl/N-ethyl adjacent to an activating group) is 1. The monoisotopic (exact) mass is 525 g/mol. The van der Waals surface area contributed by atoms with Crippen LogP contribution >= 0.6 is 24.0 Å². The van der Waals surface area contributed by atoms with Crippen LogP contribution in [-0.4, -0.2) is 55.0 Å². The van der Waals surface area contributed by atoms with Crippen LogP contribution in [0.4, 0.5) is 0 Å². The molecule has 1 aromatic carbocycles. The minimum atomic E-state index is 0. The lowest BCUT2D eigenvalue weighted by molar-refractivity contribution is -0.128. The molecule has 1 aromatic heterocycles. The van der Waals surface area contributed by atoms with E-state index in [1.54, 1.807) is 18.1 Å². The standard InChI is InChI=1S/C22H31N5O2.HI/c1-4-23-22(25-16-18-10-6-7-12-20(18)29-5-2)26-17-21(28)27(3)15-13-19-11-8-9-14-24-19;/h6-12,14H,4-5,13,15-17H2,1-3H3,(H2,23,25,26);1H. The van der Waals surface area contributed by atoms with Crippen LogP contribution in [-0.2, 0) is 17.8 Å². The van der Waals surface area contributed by atoms with Crippen molar-refractivity contribution in [1.82, 2.24) is 20.5 Å². The Kier molecular flexibility index (Phi) is 12.5. The van der Waals surface area contributed by atoms with Crippen molar-refractivity contribution >= 4 is 35.8 Å². The zero-order chi connectivity index (χ0) is 20.9. The van der Waals surface area contributed by atoms with Crippen LogP contribution in [0.15, 0.2) is 53.7 Å². The second-order valence-electron chi connectivity index (χ2n) is 6.48. The van der Waals surface area contributed by atoms with Crippen molar-refractivity contribution in [3.8, 4) is 5.75 Å². The van der Waals surface area contributed by atoms with Crippen LogP contribution in [0.3, 0.4) is 0 Å². The highest BCUT2D eigenvalue weighted by atomic mass is 127. The number of para-hydroxylation sites is 1. The fourth-order valence-electron chi connectivity index (χ4n) is 2.68. The summed E-state index contributed by atoms with van der Waals surface area (Å²) in [5, 5.41) is 6.29. The molecule has 30 heavy (non-hydrogen) atoms. The molecule has 0 atom stereocenters. The van der Waals surface area contributed by atoms with Gasteiger partial charge >= 0.3 is 0 Å². The number of nitrogens with one attached hydrogen (secondary N) is 2. The number of guanidine groups is 1.